The van der Waals surface area contributed by atoms with Gasteiger partial charge in [0.05, 0.1) is 12.1 Å². The van der Waals surface area contributed by atoms with Crippen LogP contribution in [0.15, 0.2) is 0 Å². The molecule has 4 heteroatoms. The fraction of sp³-hybridized carbons (Fsp3) is 0.909. The first-order valence-corrected chi connectivity index (χ1v) is 5.77. The number of carbonyl (C=O) groups is 1. The van der Waals surface area contributed by atoms with Gasteiger partial charge in [-0.25, -0.2) is 0 Å². The number of β-amino-alcohol motifs (C(OH)–C–C–N with tert-alkyl or cyclic N) is 1. The van der Waals surface area contributed by atoms with E-state index in [1.807, 2.05) is 18.7 Å². The van der Waals surface area contributed by atoms with E-state index in [2.05, 4.69) is 4.90 Å². The molecule has 15 heavy (non-hydrogen) atoms. The normalized spacial score (nSPS) is 26.5. The molecule has 1 fully saturated rings. The molecule has 2 atom stereocenters. The minimum Gasteiger partial charge on any atom is -0.392 e. The van der Waals surface area contributed by atoms with Gasteiger partial charge in [-0.1, -0.05) is 0 Å². The molecular formula is C11H22N2O2. The molecule has 0 aromatic carbocycles. The van der Waals surface area contributed by atoms with Crippen molar-refractivity contribution in [1.29, 1.82) is 0 Å². The van der Waals surface area contributed by atoms with Crippen LogP contribution < -0.4 is 0 Å². The minimum absolute atomic E-state index is 0.0953. The van der Waals surface area contributed by atoms with E-state index in [1.165, 1.54) is 0 Å². The van der Waals surface area contributed by atoms with Gasteiger partial charge < -0.3 is 10.0 Å². The average Bonchev–Trinajstić information content (AvgIpc) is 2.30. The minimum atomic E-state index is -0.367. The summed E-state index contributed by atoms with van der Waals surface area (Å²) in [6.07, 6.45) is 0.629. The van der Waals surface area contributed by atoms with Crippen LogP contribution in [0.5, 0.6) is 0 Å². The standard InChI is InChI=1S/C11H22N2O2/c1-4-12-6-5-7-13(8-9(2)14)10(3)11(12)15/h9-10,14H,4-8H2,1-3H3. The molecule has 1 rings (SSSR count). The van der Waals surface area contributed by atoms with Gasteiger partial charge in [0.25, 0.3) is 0 Å². The number of likely N-dealkylation sites (N-methyl/N-ethyl adjacent to an activating group) is 1. The van der Waals surface area contributed by atoms with Crippen LogP contribution in [-0.4, -0.2) is 59.1 Å². The van der Waals surface area contributed by atoms with E-state index in [9.17, 15) is 9.90 Å². The predicted molar refractivity (Wildman–Crippen MR) is 59.6 cm³/mol. The fourth-order valence-electron chi connectivity index (χ4n) is 2.09. The van der Waals surface area contributed by atoms with Crippen molar-refractivity contribution < 1.29 is 9.90 Å². The molecule has 0 aromatic rings. The Balaban J connectivity index is 2.65. The quantitative estimate of drug-likeness (QED) is 0.735. The van der Waals surface area contributed by atoms with Crippen molar-refractivity contribution >= 4 is 5.91 Å². The molecule has 1 amide bonds. The maximum atomic E-state index is 12.0. The number of hydrogen-bond donors (Lipinski definition) is 1. The van der Waals surface area contributed by atoms with Gasteiger partial charge in [0.1, 0.15) is 0 Å². The summed E-state index contributed by atoms with van der Waals surface area (Å²) in [4.78, 5) is 15.9. The van der Waals surface area contributed by atoms with E-state index in [-0.39, 0.29) is 18.1 Å². The molecule has 2 unspecified atom stereocenters. The van der Waals surface area contributed by atoms with Gasteiger partial charge >= 0.3 is 0 Å². The number of carbonyl (C=O) groups excluding carboxylic acids is 1. The second-order valence-electron chi connectivity index (χ2n) is 4.29. The number of aliphatic hydroxyl groups excluding tert-OH is 1. The summed E-state index contributed by atoms with van der Waals surface area (Å²) in [5, 5.41) is 9.36. The van der Waals surface area contributed by atoms with Crippen molar-refractivity contribution in [3.63, 3.8) is 0 Å². The summed E-state index contributed by atoms with van der Waals surface area (Å²) in [7, 11) is 0. The van der Waals surface area contributed by atoms with Crippen LogP contribution in [-0.2, 0) is 4.79 Å². The highest BCUT2D eigenvalue weighted by Gasteiger charge is 2.28. The SMILES string of the molecule is CCN1CCCN(CC(C)O)C(C)C1=O. The second-order valence-corrected chi connectivity index (χ2v) is 4.29. The van der Waals surface area contributed by atoms with Crippen LogP contribution >= 0.6 is 0 Å². The first kappa shape index (κ1) is 12.5. The molecule has 1 N–H and O–H groups in total. The molecule has 1 aliphatic heterocycles. The summed E-state index contributed by atoms with van der Waals surface area (Å²) < 4.78 is 0. The van der Waals surface area contributed by atoms with Crippen LogP contribution in [0, 0.1) is 0 Å². The van der Waals surface area contributed by atoms with Crippen molar-refractivity contribution in [2.45, 2.75) is 39.3 Å². The number of aliphatic hydroxyl groups is 1. The zero-order chi connectivity index (χ0) is 11.4. The second kappa shape index (κ2) is 5.47. The van der Waals surface area contributed by atoms with Gasteiger partial charge in [-0.05, 0) is 27.2 Å². The molecule has 0 spiro atoms. The Morgan fingerprint density at radius 1 is 1.53 bits per heavy atom. The third-order valence-electron chi connectivity index (χ3n) is 2.97. The van der Waals surface area contributed by atoms with Crippen molar-refractivity contribution in [1.82, 2.24) is 9.80 Å². The summed E-state index contributed by atoms with van der Waals surface area (Å²) >= 11 is 0. The molecule has 4 nitrogen and oxygen atoms in total. The molecule has 1 aliphatic rings. The third kappa shape index (κ3) is 3.18. The molecule has 88 valence electrons. The Morgan fingerprint density at radius 3 is 2.73 bits per heavy atom. The van der Waals surface area contributed by atoms with E-state index >= 15 is 0 Å². The zero-order valence-corrected chi connectivity index (χ0v) is 9.94. The lowest BCUT2D eigenvalue weighted by Gasteiger charge is -2.28. The van der Waals surface area contributed by atoms with Gasteiger partial charge in [-0.2, -0.15) is 0 Å². The fourth-order valence-corrected chi connectivity index (χ4v) is 2.09. The van der Waals surface area contributed by atoms with Crippen molar-refractivity contribution in [3.8, 4) is 0 Å². The summed E-state index contributed by atoms with van der Waals surface area (Å²) in [6, 6.07) is -0.0953. The number of rotatable bonds is 3. The smallest absolute Gasteiger partial charge is 0.239 e. The van der Waals surface area contributed by atoms with Crippen LogP contribution in [0.2, 0.25) is 0 Å². The van der Waals surface area contributed by atoms with Crippen molar-refractivity contribution in [2.75, 3.05) is 26.2 Å². The molecule has 0 aliphatic carbocycles. The van der Waals surface area contributed by atoms with E-state index in [1.54, 1.807) is 6.92 Å². The maximum absolute atomic E-state index is 12.0. The average molecular weight is 214 g/mol. The molecule has 1 heterocycles. The maximum Gasteiger partial charge on any atom is 0.239 e. The summed E-state index contributed by atoms with van der Waals surface area (Å²) in [6.45, 7) is 8.81. The molecule has 1 saturated heterocycles. The van der Waals surface area contributed by atoms with Crippen molar-refractivity contribution in [2.24, 2.45) is 0 Å². The molecule has 0 bridgehead atoms. The highest BCUT2D eigenvalue weighted by Crippen LogP contribution is 2.11. The monoisotopic (exact) mass is 214 g/mol. The Bertz CT molecular complexity index is 219. The third-order valence-corrected chi connectivity index (χ3v) is 2.97. The van der Waals surface area contributed by atoms with Crippen molar-refractivity contribution in [3.05, 3.63) is 0 Å². The molecule has 0 radical (unpaired) electrons. The number of hydrogen-bond acceptors (Lipinski definition) is 3. The Kier molecular flexibility index (Phi) is 4.54. The largest absolute Gasteiger partial charge is 0.392 e. The summed E-state index contributed by atoms with van der Waals surface area (Å²) in [5.74, 6) is 0.190. The zero-order valence-electron chi connectivity index (χ0n) is 9.94. The lowest BCUT2D eigenvalue weighted by Crippen LogP contribution is -2.46. The van der Waals surface area contributed by atoms with Gasteiger partial charge in [0.2, 0.25) is 5.91 Å². The number of nitrogens with zero attached hydrogens (tertiary/aromatic N) is 2. The van der Waals surface area contributed by atoms with Gasteiger partial charge in [-0.3, -0.25) is 9.69 Å². The highest BCUT2D eigenvalue weighted by atomic mass is 16.3. The van der Waals surface area contributed by atoms with Gasteiger partial charge in [0, 0.05) is 26.2 Å². The first-order valence-electron chi connectivity index (χ1n) is 5.77. The van der Waals surface area contributed by atoms with Crippen LogP contribution in [0.3, 0.4) is 0 Å². The van der Waals surface area contributed by atoms with Crippen LogP contribution in [0.1, 0.15) is 27.2 Å². The lowest BCUT2D eigenvalue weighted by atomic mass is 10.2. The number of amides is 1. The predicted octanol–water partition coefficient (Wildman–Crippen LogP) is 0.310. The Labute approximate surface area is 91.9 Å². The Morgan fingerprint density at radius 2 is 2.20 bits per heavy atom. The summed E-state index contributed by atoms with van der Waals surface area (Å²) in [5.41, 5.74) is 0. The van der Waals surface area contributed by atoms with Crippen LogP contribution in [0.25, 0.3) is 0 Å². The Hall–Kier alpha value is -0.610. The first-order chi connectivity index (χ1) is 7.06. The van der Waals surface area contributed by atoms with E-state index in [0.29, 0.717) is 6.54 Å². The van der Waals surface area contributed by atoms with Gasteiger partial charge in [-0.15, -0.1) is 0 Å². The van der Waals surface area contributed by atoms with E-state index in [4.69, 9.17) is 0 Å². The molecular weight excluding hydrogens is 192 g/mol. The lowest BCUT2D eigenvalue weighted by molar-refractivity contribution is -0.134. The van der Waals surface area contributed by atoms with Gasteiger partial charge in [0.15, 0.2) is 0 Å². The highest BCUT2D eigenvalue weighted by molar-refractivity contribution is 5.81. The van der Waals surface area contributed by atoms with E-state index in [0.717, 1.165) is 26.1 Å². The molecule has 0 saturated carbocycles. The topological polar surface area (TPSA) is 43.8 Å². The van der Waals surface area contributed by atoms with Crippen LogP contribution in [0.4, 0.5) is 0 Å². The van der Waals surface area contributed by atoms with E-state index < -0.39 is 0 Å². The molecule has 0 aromatic heterocycles.